The number of ether oxygens (including phenoxy) is 2. The van der Waals surface area contributed by atoms with Crippen molar-refractivity contribution in [1.29, 1.82) is 0 Å². The molecule has 0 atom stereocenters. The first-order valence-corrected chi connectivity index (χ1v) is 7.75. The molecule has 0 spiro atoms. The number of rotatable bonds is 5. The van der Waals surface area contributed by atoms with E-state index in [1.54, 1.807) is 6.92 Å². The molecule has 1 aliphatic carbocycles. The highest BCUT2D eigenvalue weighted by Crippen LogP contribution is 2.30. The van der Waals surface area contributed by atoms with Crippen molar-refractivity contribution < 1.29 is 27.8 Å². The van der Waals surface area contributed by atoms with E-state index < -0.39 is 17.4 Å². The quantitative estimate of drug-likeness (QED) is 0.612. The van der Waals surface area contributed by atoms with E-state index in [0.29, 0.717) is 32.3 Å². The zero-order valence-electron chi connectivity index (χ0n) is 13.2. The fraction of sp³-hybridized carbons (Fsp3) is 0.529. The highest BCUT2D eigenvalue weighted by molar-refractivity contribution is 5.94. The zero-order chi connectivity index (χ0) is 17.0. The van der Waals surface area contributed by atoms with Gasteiger partial charge >= 0.3 is 5.97 Å². The van der Waals surface area contributed by atoms with Crippen LogP contribution in [0.3, 0.4) is 0 Å². The van der Waals surface area contributed by atoms with Gasteiger partial charge in [0.2, 0.25) is 0 Å². The summed E-state index contributed by atoms with van der Waals surface area (Å²) in [6.45, 7) is 3.28. The number of benzene rings is 1. The van der Waals surface area contributed by atoms with Crippen LogP contribution in [0, 0.1) is 17.6 Å². The van der Waals surface area contributed by atoms with Gasteiger partial charge in [-0.25, -0.2) is 8.78 Å². The molecule has 1 aromatic carbocycles. The molecule has 1 saturated carbocycles. The van der Waals surface area contributed by atoms with Gasteiger partial charge in [0.05, 0.1) is 24.2 Å². The fourth-order valence-corrected chi connectivity index (χ4v) is 2.74. The molecule has 0 saturated heterocycles. The first-order valence-electron chi connectivity index (χ1n) is 7.75. The number of halogens is 2. The second-order valence-corrected chi connectivity index (χ2v) is 5.66. The molecule has 0 amide bonds. The molecule has 4 nitrogen and oxygen atoms in total. The Bertz CT molecular complexity index is 593. The van der Waals surface area contributed by atoms with Gasteiger partial charge in [-0.3, -0.25) is 9.59 Å². The van der Waals surface area contributed by atoms with Crippen molar-refractivity contribution in [2.24, 2.45) is 5.92 Å². The minimum atomic E-state index is -0.797. The van der Waals surface area contributed by atoms with Gasteiger partial charge in [-0.1, -0.05) is 0 Å². The molecule has 0 aromatic heterocycles. The van der Waals surface area contributed by atoms with Crippen LogP contribution in [-0.2, 0) is 9.53 Å². The minimum Gasteiger partial charge on any atom is -0.487 e. The van der Waals surface area contributed by atoms with Crippen molar-refractivity contribution >= 4 is 11.8 Å². The molecule has 0 radical (unpaired) electrons. The Morgan fingerprint density at radius 3 is 2.35 bits per heavy atom. The Hall–Kier alpha value is -1.98. The van der Waals surface area contributed by atoms with E-state index in [1.807, 2.05) is 0 Å². The number of ketones is 1. The summed E-state index contributed by atoms with van der Waals surface area (Å²) < 4.78 is 38.2. The van der Waals surface area contributed by atoms with Crippen molar-refractivity contribution in [3.8, 4) is 5.75 Å². The van der Waals surface area contributed by atoms with Crippen LogP contribution in [-0.4, -0.2) is 24.5 Å². The van der Waals surface area contributed by atoms with E-state index >= 15 is 0 Å². The number of esters is 1. The van der Waals surface area contributed by atoms with Crippen molar-refractivity contribution in [3.63, 3.8) is 0 Å². The van der Waals surface area contributed by atoms with Gasteiger partial charge in [0.15, 0.2) is 17.3 Å². The van der Waals surface area contributed by atoms with Crippen molar-refractivity contribution in [2.75, 3.05) is 6.61 Å². The molecular weight excluding hydrogens is 306 g/mol. The van der Waals surface area contributed by atoms with Gasteiger partial charge in [0, 0.05) is 6.07 Å². The monoisotopic (exact) mass is 326 g/mol. The lowest BCUT2D eigenvalue weighted by Crippen LogP contribution is -2.29. The Morgan fingerprint density at radius 1 is 1.13 bits per heavy atom. The standard InChI is InChI=1S/C17H20F2O4/c1-3-22-17(21)11-4-6-12(7-5-11)23-16-9-14(18)13(10(2)20)8-15(16)19/h8-9,11-12H,3-7H2,1-2H3. The van der Waals surface area contributed by atoms with Gasteiger partial charge in [-0.05, 0) is 45.6 Å². The predicted octanol–water partition coefficient (Wildman–Crippen LogP) is 3.67. The third-order valence-corrected chi connectivity index (χ3v) is 3.99. The van der Waals surface area contributed by atoms with Crippen molar-refractivity contribution in [3.05, 3.63) is 29.3 Å². The lowest BCUT2D eigenvalue weighted by Gasteiger charge is -2.27. The maximum Gasteiger partial charge on any atom is 0.308 e. The van der Waals surface area contributed by atoms with E-state index in [9.17, 15) is 18.4 Å². The van der Waals surface area contributed by atoms with Gasteiger partial charge in [0.1, 0.15) is 5.82 Å². The second kappa shape index (κ2) is 7.53. The Balaban J connectivity index is 1.98. The summed E-state index contributed by atoms with van der Waals surface area (Å²) in [6.07, 6.45) is 2.05. The van der Waals surface area contributed by atoms with Crippen molar-refractivity contribution in [1.82, 2.24) is 0 Å². The highest BCUT2D eigenvalue weighted by Gasteiger charge is 2.29. The van der Waals surface area contributed by atoms with E-state index in [2.05, 4.69) is 0 Å². The smallest absolute Gasteiger partial charge is 0.308 e. The van der Waals surface area contributed by atoms with Crippen LogP contribution in [0.1, 0.15) is 49.9 Å². The first kappa shape index (κ1) is 17.4. The van der Waals surface area contributed by atoms with Crippen molar-refractivity contribution in [2.45, 2.75) is 45.6 Å². The Morgan fingerprint density at radius 2 is 1.78 bits per heavy atom. The summed E-state index contributed by atoms with van der Waals surface area (Å²) in [7, 11) is 0. The Labute approximate surface area is 133 Å². The van der Waals surface area contributed by atoms with Gasteiger partial charge in [0.25, 0.3) is 0 Å². The third kappa shape index (κ3) is 4.27. The van der Waals surface area contributed by atoms with E-state index in [1.165, 1.54) is 6.92 Å². The molecule has 1 aliphatic rings. The van der Waals surface area contributed by atoms with Gasteiger partial charge in [-0.15, -0.1) is 0 Å². The molecule has 1 fully saturated rings. The third-order valence-electron chi connectivity index (χ3n) is 3.99. The van der Waals surface area contributed by atoms with E-state index in [-0.39, 0.29) is 29.3 Å². The molecule has 0 aliphatic heterocycles. The molecule has 6 heteroatoms. The largest absolute Gasteiger partial charge is 0.487 e. The predicted molar refractivity (Wildman–Crippen MR) is 79.4 cm³/mol. The number of hydrogen-bond donors (Lipinski definition) is 0. The Kier molecular flexibility index (Phi) is 5.69. The average Bonchev–Trinajstić information content (AvgIpc) is 2.51. The second-order valence-electron chi connectivity index (χ2n) is 5.66. The molecule has 0 heterocycles. The lowest BCUT2D eigenvalue weighted by molar-refractivity contribution is -0.149. The molecule has 126 valence electrons. The molecule has 0 N–H and O–H groups in total. The molecule has 2 rings (SSSR count). The van der Waals surface area contributed by atoms with Crippen LogP contribution in [0.4, 0.5) is 8.78 Å². The van der Waals surface area contributed by atoms with Crippen LogP contribution in [0.2, 0.25) is 0 Å². The summed E-state index contributed by atoms with van der Waals surface area (Å²) >= 11 is 0. The summed E-state index contributed by atoms with van der Waals surface area (Å²) in [5.74, 6) is -2.67. The maximum absolute atomic E-state index is 13.9. The molecule has 1 aromatic rings. The van der Waals surface area contributed by atoms with Crippen LogP contribution in [0.25, 0.3) is 0 Å². The summed E-state index contributed by atoms with van der Waals surface area (Å²) in [4.78, 5) is 22.8. The highest BCUT2D eigenvalue weighted by atomic mass is 19.1. The molecule has 0 unspecified atom stereocenters. The number of Topliss-reactive ketones (excluding diaryl/α,β-unsaturated/α-hetero) is 1. The van der Waals surface area contributed by atoms with Gasteiger partial charge < -0.3 is 9.47 Å². The molecule has 23 heavy (non-hydrogen) atoms. The van der Waals surface area contributed by atoms with E-state index in [0.717, 1.165) is 12.1 Å². The van der Waals surface area contributed by atoms with E-state index in [4.69, 9.17) is 9.47 Å². The summed E-state index contributed by atoms with van der Waals surface area (Å²) in [5, 5.41) is 0. The number of carbonyl (C=O) groups excluding carboxylic acids is 2. The SMILES string of the molecule is CCOC(=O)C1CCC(Oc2cc(F)c(C(C)=O)cc2F)CC1. The van der Waals surface area contributed by atoms with Gasteiger partial charge in [-0.2, -0.15) is 0 Å². The molecule has 0 bridgehead atoms. The van der Waals surface area contributed by atoms with Crippen LogP contribution in [0.15, 0.2) is 12.1 Å². The maximum atomic E-state index is 13.9. The number of hydrogen-bond acceptors (Lipinski definition) is 4. The first-order chi connectivity index (χ1) is 10.9. The topological polar surface area (TPSA) is 52.6 Å². The average molecular weight is 326 g/mol. The fourth-order valence-electron chi connectivity index (χ4n) is 2.74. The minimum absolute atomic E-state index is 0.156. The summed E-state index contributed by atoms with van der Waals surface area (Å²) in [5.41, 5.74) is -0.291. The van der Waals surface area contributed by atoms with Crippen LogP contribution in [0.5, 0.6) is 5.75 Å². The van der Waals surface area contributed by atoms with Crippen LogP contribution >= 0.6 is 0 Å². The number of carbonyl (C=O) groups is 2. The summed E-state index contributed by atoms with van der Waals surface area (Å²) in [6, 6.07) is 1.76. The lowest BCUT2D eigenvalue weighted by atomic mass is 9.87. The zero-order valence-corrected chi connectivity index (χ0v) is 13.2. The molecular formula is C17H20F2O4. The normalized spacial score (nSPS) is 20.9. The van der Waals surface area contributed by atoms with Crippen LogP contribution < -0.4 is 4.74 Å².